The van der Waals surface area contributed by atoms with Gasteiger partial charge in [0.15, 0.2) is 0 Å². The first-order chi connectivity index (χ1) is 10.5. The molecule has 0 spiro atoms. The van der Waals surface area contributed by atoms with Crippen molar-refractivity contribution in [3.63, 3.8) is 0 Å². The monoisotopic (exact) mass is 336 g/mol. The SMILES string of the molecule is O=C(N/N=C/c1cccnc1)C(=O)Nc1cc(Cl)cc(Cl)c1. The van der Waals surface area contributed by atoms with Crippen LogP contribution in [0.25, 0.3) is 0 Å². The van der Waals surface area contributed by atoms with Crippen LogP contribution < -0.4 is 10.7 Å². The van der Waals surface area contributed by atoms with Crippen molar-refractivity contribution in [2.75, 3.05) is 5.32 Å². The second-order valence-corrected chi connectivity index (χ2v) is 4.97. The Morgan fingerprint density at radius 3 is 2.50 bits per heavy atom. The number of hydrogen-bond acceptors (Lipinski definition) is 4. The summed E-state index contributed by atoms with van der Waals surface area (Å²) in [5.41, 5.74) is 3.10. The quantitative estimate of drug-likeness (QED) is 0.513. The molecule has 0 aliphatic rings. The number of hydrazone groups is 1. The van der Waals surface area contributed by atoms with Crippen LogP contribution in [0.2, 0.25) is 10.0 Å². The number of benzene rings is 1. The molecular formula is C14H10Cl2N4O2. The minimum atomic E-state index is -0.920. The summed E-state index contributed by atoms with van der Waals surface area (Å²) in [7, 11) is 0. The van der Waals surface area contributed by atoms with Crippen molar-refractivity contribution in [3.05, 3.63) is 58.3 Å². The van der Waals surface area contributed by atoms with Crippen LogP contribution in [0.3, 0.4) is 0 Å². The first-order valence-electron chi connectivity index (χ1n) is 6.05. The number of amides is 2. The van der Waals surface area contributed by atoms with E-state index in [4.69, 9.17) is 23.2 Å². The molecule has 2 aromatic rings. The van der Waals surface area contributed by atoms with Gasteiger partial charge in [0.25, 0.3) is 0 Å². The Hall–Kier alpha value is -2.44. The average Bonchev–Trinajstić information content (AvgIpc) is 2.47. The fraction of sp³-hybridized carbons (Fsp3) is 0. The van der Waals surface area contributed by atoms with Gasteiger partial charge in [0.1, 0.15) is 0 Å². The van der Waals surface area contributed by atoms with Crippen LogP contribution in [-0.2, 0) is 9.59 Å². The molecule has 0 fully saturated rings. The van der Waals surface area contributed by atoms with Crippen LogP contribution in [-0.4, -0.2) is 23.0 Å². The number of aromatic nitrogens is 1. The molecule has 6 nitrogen and oxygen atoms in total. The zero-order chi connectivity index (χ0) is 15.9. The minimum Gasteiger partial charge on any atom is -0.318 e. The molecule has 0 atom stereocenters. The van der Waals surface area contributed by atoms with Gasteiger partial charge >= 0.3 is 11.8 Å². The molecule has 1 heterocycles. The van der Waals surface area contributed by atoms with Crippen molar-refractivity contribution < 1.29 is 9.59 Å². The fourth-order valence-electron chi connectivity index (χ4n) is 1.48. The first-order valence-corrected chi connectivity index (χ1v) is 6.81. The van der Waals surface area contributed by atoms with Gasteiger partial charge in [-0.25, -0.2) is 5.43 Å². The van der Waals surface area contributed by atoms with Gasteiger partial charge in [-0.05, 0) is 24.3 Å². The Kier molecular flexibility index (Phi) is 5.46. The van der Waals surface area contributed by atoms with E-state index in [2.05, 4.69) is 20.8 Å². The van der Waals surface area contributed by atoms with E-state index in [1.807, 2.05) is 0 Å². The highest BCUT2D eigenvalue weighted by molar-refractivity contribution is 6.40. The lowest BCUT2D eigenvalue weighted by atomic mass is 10.3. The van der Waals surface area contributed by atoms with E-state index in [1.54, 1.807) is 24.5 Å². The van der Waals surface area contributed by atoms with Gasteiger partial charge in [0, 0.05) is 33.7 Å². The minimum absolute atomic E-state index is 0.314. The van der Waals surface area contributed by atoms with Gasteiger partial charge in [-0.2, -0.15) is 5.10 Å². The second kappa shape index (κ2) is 7.53. The van der Waals surface area contributed by atoms with Crippen molar-refractivity contribution in [2.45, 2.75) is 0 Å². The molecule has 22 heavy (non-hydrogen) atoms. The molecule has 0 radical (unpaired) electrons. The second-order valence-electron chi connectivity index (χ2n) is 4.10. The van der Waals surface area contributed by atoms with Crippen LogP contribution in [0.1, 0.15) is 5.56 Å². The predicted octanol–water partition coefficient (Wildman–Crippen LogP) is 2.48. The number of nitrogens with zero attached hydrogens (tertiary/aromatic N) is 2. The Morgan fingerprint density at radius 2 is 1.86 bits per heavy atom. The van der Waals surface area contributed by atoms with Gasteiger partial charge in [-0.1, -0.05) is 29.3 Å². The number of carbonyl (C=O) groups excluding carboxylic acids is 2. The highest BCUT2D eigenvalue weighted by atomic mass is 35.5. The van der Waals surface area contributed by atoms with Crippen molar-refractivity contribution in [1.82, 2.24) is 10.4 Å². The molecule has 0 aliphatic heterocycles. The molecule has 0 aliphatic carbocycles. The predicted molar refractivity (Wildman–Crippen MR) is 85.1 cm³/mol. The van der Waals surface area contributed by atoms with E-state index in [0.29, 0.717) is 21.3 Å². The van der Waals surface area contributed by atoms with E-state index >= 15 is 0 Å². The van der Waals surface area contributed by atoms with Gasteiger partial charge in [0.05, 0.1) is 6.21 Å². The van der Waals surface area contributed by atoms with E-state index in [0.717, 1.165) is 0 Å². The molecule has 0 saturated heterocycles. The molecular weight excluding hydrogens is 327 g/mol. The Labute approximate surface area is 136 Å². The number of anilines is 1. The number of pyridine rings is 1. The highest BCUT2D eigenvalue weighted by Crippen LogP contribution is 2.22. The van der Waals surface area contributed by atoms with Crippen molar-refractivity contribution in [1.29, 1.82) is 0 Å². The lowest BCUT2D eigenvalue weighted by Gasteiger charge is -2.05. The van der Waals surface area contributed by atoms with Crippen LogP contribution in [0.15, 0.2) is 47.8 Å². The largest absolute Gasteiger partial charge is 0.329 e. The molecule has 0 saturated carbocycles. The number of halogens is 2. The molecule has 8 heteroatoms. The topological polar surface area (TPSA) is 83.5 Å². The molecule has 2 N–H and O–H groups in total. The summed E-state index contributed by atoms with van der Waals surface area (Å²) in [5.74, 6) is -1.81. The molecule has 0 bridgehead atoms. The van der Waals surface area contributed by atoms with Gasteiger partial charge < -0.3 is 5.32 Å². The Bertz CT molecular complexity index is 700. The maximum absolute atomic E-state index is 11.7. The van der Waals surface area contributed by atoms with E-state index in [-0.39, 0.29) is 0 Å². The normalized spacial score (nSPS) is 10.5. The third-order valence-electron chi connectivity index (χ3n) is 2.39. The average molecular weight is 337 g/mol. The molecule has 1 aromatic carbocycles. The van der Waals surface area contributed by atoms with Crippen LogP contribution >= 0.6 is 23.2 Å². The number of nitrogens with one attached hydrogen (secondary N) is 2. The van der Waals surface area contributed by atoms with Crippen molar-refractivity contribution in [2.24, 2.45) is 5.10 Å². The van der Waals surface area contributed by atoms with Crippen LogP contribution in [0.5, 0.6) is 0 Å². The fourth-order valence-corrected chi connectivity index (χ4v) is 2.01. The Morgan fingerprint density at radius 1 is 1.14 bits per heavy atom. The third-order valence-corrected chi connectivity index (χ3v) is 2.83. The summed E-state index contributed by atoms with van der Waals surface area (Å²) in [6.07, 6.45) is 4.54. The maximum Gasteiger partial charge on any atom is 0.329 e. The van der Waals surface area contributed by atoms with E-state index in [9.17, 15) is 9.59 Å². The number of hydrogen-bond donors (Lipinski definition) is 2. The molecule has 0 unspecified atom stereocenters. The molecule has 1 aromatic heterocycles. The lowest BCUT2D eigenvalue weighted by Crippen LogP contribution is -2.32. The molecule has 2 rings (SSSR count). The summed E-state index contributed by atoms with van der Waals surface area (Å²) in [6.45, 7) is 0. The van der Waals surface area contributed by atoms with E-state index < -0.39 is 11.8 Å². The summed E-state index contributed by atoms with van der Waals surface area (Å²) in [5, 5.41) is 6.72. The third kappa shape index (κ3) is 4.83. The van der Waals surface area contributed by atoms with Crippen LogP contribution in [0.4, 0.5) is 5.69 Å². The summed E-state index contributed by atoms with van der Waals surface area (Å²) < 4.78 is 0. The van der Waals surface area contributed by atoms with Gasteiger partial charge in [-0.15, -0.1) is 0 Å². The highest BCUT2D eigenvalue weighted by Gasteiger charge is 2.13. The zero-order valence-corrected chi connectivity index (χ0v) is 12.6. The lowest BCUT2D eigenvalue weighted by molar-refractivity contribution is -0.136. The van der Waals surface area contributed by atoms with Gasteiger partial charge in [-0.3, -0.25) is 14.6 Å². The summed E-state index contributed by atoms with van der Waals surface area (Å²) in [4.78, 5) is 27.2. The maximum atomic E-state index is 11.7. The first kappa shape index (κ1) is 15.9. The number of rotatable bonds is 3. The Balaban J connectivity index is 1.92. The zero-order valence-electron chi connectivity index (χ0n) is 11.1. The molecule has 2 amide bonds. The van der Waals surface area contributed by atoms with Crippen molar-refractivity contribution >= 4 is 46.9 Å². The standard InChI is InChI=1S/C14H10Cl2N4O2/c15-10-4-11(16)6-12(5-10)19-13(21)14(22)20-18-8-9-2-1-3-17-7-9/h1-8H,(H,19,21)(H,20,22)/b18-8+. The van der Waals surface area contributed by atoms with Crippen molar-refractivity contribution in [3.8, 4) is 0 Å². The summed E-state index contributed by atoms with van der Waals surface area (Å²) in [6, 6.07) is 7.92. The number of carbonyl (C=O) groups is 2. The molecule has 112 valence electrons. The van der Waals surface area contributed by atoms with E-state index in [1.165, 1.54) is 24.4 Å². The smallest absolute Gasteiger partial charge is 0.318 e. The van der Waals surface area contributed by atoms with Gasteiger partial charge in [0.2, 0.25) is 0 Å². The summed E-state index contributed by atoms with van der Waals surface area (Å²) >= 11 is 11.6. The van der Waals surface area contributed by atoms with Crippen LogP contribution in [0, 0.1) is 0 Å².